The lowest BCUT2D eigenvalue weighted by molar-refractivity contribution is -0.0292. The van der Waals surface area contributed by atoms with E-state index in [0.717, 1.165) is 31.9 Å². The molecule has 1 atom stereocenters. The van der Waals surface area contributed by atoms with Crippen LogP contribution >= 0.6 is 0 Å². The summed E-state index contributed by atoms with van der Waals surface area (Å²) in [6.07, 6.45) is 2.08. The van der Waals surface area contributed by atoms with Crippen molar-refractivity contribution in [3.8, 4) is 0 Å². The van der Waals surface area contributed by atoms with E-state index in [4.69, 9.17) is 10.5 Å². The van der Waals surface area contributed by atoms with Gasteiger partial charge >= 0.3 is 0 Å². The van der Waals surface area contributed by atoms with Crippen molar-refractivity contribution in [1.82, 2.24) is 19.9 Å². The number of rotatable bonds is 3. The zero-order chi connectivity index (χ0) is 10.7. The van der Waals surface area contributed by atoms with Gasteiger partial charge in [-0.25, -0.2) is 4.68 Å². The Bertz CT molecular complexity index is 313. The molecule has 0 spiro atoms. The van der Waals surface area contributed by atoms with E-state index in [9.17, 15) is 0 Å². The maximum atomic E-state index is 5.63. The van der Waals surface area contributed by atoms with E-state index in [2.05, 4.69) is 22.3 Å². The second-order valence-corrected chi connectivity index (χ2v) is 3.89. The van der Waals surface area contributed by atoms with Crippen LogP contribution < -0.4 is 5.73 Å². The van der Waals surface area contributed by atoms with Crippen LogP contribution in [0.5, 0.6) is 0 Å². The molecular formula is C9H17N5O. The van der Waals surface area contributed by atoms with Gasteiger partial charge < -0.3 is 15.4 Å². The Morgan fingerprint density at radius 1 is 1.67 bits per heavy atom. The molecule has 2 heterocycles. The highest BCUT2D eigenvalue weighted by Gasteiger charge is 2.18. The van der Waals surface area contributed by atoms with Crippen molar-refractivity contribution in [3.63, 3.8) is 0 Å². The van der Waals surface area contributed by atoms with Crippen molar-refractivity contribution in [3.05, 3.63) is 11.9 Å². The van der Waals surface area contributed by atoms with E-state index in [1.807, 2.05) is 6.20 Å². The van der Waals surface area contributed by atoms with Crippen molar-refractivity contribution in [1.29, 1.82) is 0 Å². The summed E-state index contributed by atoms with van der Waals surface area (Å²) in [5, 5.41) is 7.93. The molecule has 84 valence electrons. The number of hydrogen-bond acceptors (Lipinski definition) is 5. The van der Waals surface area contributed by atoms with Crippen molar-refractivity contribution >= 4 is 0 Å². The van der Waals surface area contributed by atoms with E-state index >= 15 is 0 Å². The fourth-order valence-corrected chi connectivity index (χ4v) is 1.71. The number of ether oxygens (including phenoxy) is 1. The Balaban J connectivity index is 1.90. The molecule has 6 heteroatoms. The topological polar surface area (TPSA) is 69.2 Å². The molecule has 1 saturated heterocycles. The molecule has 0 bridgehead atoms. The maximum Gasteiger partial charge on any atom is 0.0962 e. The first kappa shape index (κ1) is 10.5. The van der Waals surface area contributed by atoms with Crippen LogP contribution in [0, 0.1) is 0 Å². The van der Waals surface area contributed by atoms with Gasteiger partial charge in [-0.1, -0.05) is 5.21 Å². The highest BCUT2D eigenvalue weighted by Crippen LogP contribution is 2.05. The number of hydrogen-bond donors (Lipinski definition) is 1. The first-order valence-corrected chi connectivity index (χ1v) is 5.17. The first-order valence-electron chi connectivity index (χ1n) is 5.17. The van der Waals surface area contributed by atoms with Gasteiger partial charge in [0.15, 0.2) is 0 Å². The van der Waals surface area contributed by atoms with Gasteiger partial charge in [0, 0.05) is 25.8 Å². The van der Waals surface area contributed by atoms with Gasteiger partial charge in [0.25, 0.3) is 0 Å². The van der Waals surface area contributed by atoms with E-state index < -0.39 is 0 Å². The molecule has 0 radical (unpaired) electrons. The van der Waals surface area contributed by atoms with Gasteiger partial charge in [-0.2, -0.15) is 0 Å². The summed E-state index contributed by atoms with van der Waals surface area (Å²) in [6, 6.07) is 0. The lowest BCUT2D eigenvalue weighted by Crippen LogP contribution is -2.42. The minimum Gasteiger partial charge on any atom is -0.374 e. The van der Waals surface area contributed by atoms with Gasteiger partial charge in [-0.05, 0) is 7.05 Å². The molecule has 1 aliphatic rings. The quantitative estimate of drug-likeness (QED) is 0.699. The molecule has 0 aliphatic carbocycles. The molecule has 6 nitrogen and oxygen atoms in total. The highest BCUT2D eigenvalue weighted by atomic mass is 16.5. The van der Waals surface area contributed by atoms with Crippen LogP contribution in [0.25, 0.3) is 0 Å². The Morgan fingerprint density at radius 2 is 2.53 bits per heavy atom. The molecule has 0 amide bonds. The average molecular weight is 211 g/mol. The van der Waals surface area contributed by atoms with Crippen LogP contribution in [0.3, 0.4) is 0 Å². The minimum atomic E-state index is 0.205. The van der Waals surface area contributed by atoms with Gasteiger partial charge in [0.2, 0.25) is 0 Å². The Labute approximate surface area is 89.0 Å². The zero-order valence-corrected chi connectivity index (χ0v) is 8.96. The summed E-state index contributed by atoms with van der Waals surface area (Å²) in [5.41, 5.74) is 6.28. The molecule has 15 heavy (non-hydrogen) atoms. The van der Waals surface area contributed by atoms with Gasteiger partial charge in [-0.3, -0.25) is 0 Å². The number of nitrogens with zero attached hydrogens (tertiary/aromatic N) is 4. The molecule has 0 aromatic carbocycles. The second-order valence-electron chi connectivity index (χ2n) is 3.89. The molecule has 1 aliphatic heterocycles. The smallest absolute Gasteiger partial charge is 0.0962 e. The Morgan fingerprint density at radius 3 is 3.20 bits per heavy atom. The molecule has 2 rings (SSSR count). The molecular weight excluding hydrogens is 194 g/mol. The first-order chi connectivity index (χ1) is 7.28. The summed E-state index contributed by atoms with van der Waals surface area (Å²) < 4.78 is 7.43. The molecule has 1 aromatic rings. The third-order valence-electron chi connectivity index (χ3n) is 2.53. The summed E-state index contributed by atoms with van der Waals surface area (Å²) >= 11 is 0. The Kier molecular flexibility index (Phi) is 3.30. The summed E-state index contributed by atoms with van der Waals surface area (Å²) in [7, 11) is 2.10. The highest BCUT2D eigenvalue weighted by molar-refractivity contribution is 4.90. The van der Waals surface area contributed by atoms with Crippen molar-refractivity contribution in [2.24, 2.45) is 5.73 Å². The molecule has 0 saturated carbocycles. The maximum absolute atomic E-state index is 5.63. The van der Waals surface area contributed by atoms with E-state index in [-0.39, 0.29) is 6.10 Å². The van der Waals surface area contributed by atoms with Gasteiger partial charge in [0.1, 0.15) is 0 Å². The summed E-state index contributed by atoms with van der Waals surface area (Å²) in [5.74, 6) is 0. The normalized spacial score (nSPS) is 23.2. The number of nitrogens with two attached hydrogens (primary N) is 1. The Hall–Kier alpha value is -0.980. The SMILES string of the molecule is CN1CCOC(Cn2cc(CN)nn2)C1. The third-order valence-corrected chi connectivity index (χ3v) is 2.53. The molecule has 1 unspecified atom stereocenters. The van der Waals surface area contributed by atoms with Crippen LogP contribution in [0.1, 0.15) is 5.69 Å². The van der Waals surface area contributed by atoms with E-state index in [1.54, 1.807) is 4.68 Å². The summed E-state index contributed by atoms with van der Waals surface area (Å²) in [4.78, 5) is 2.26. The van der Waals surface area contributed by atoms with Crippen LogP contribution in [-0.4, -0.2) is 52.7 Å². The second kappa shape index (κ2) is 4.69. The van der Waals surface area contributed by atoms with Crippen molar-refractivity contribution in [2.45, 2.75) is 19.2 Å². The predicted molar refractivity (Wildman–Crippen MR) is 55.2 cm³/mol. The number of aromatic nitrogens is 3. The van der Waals surface area contributed by atoms with Gasteiger partial charge in [0.05, 0.1) is 24.9 Å². The molecule has 2 N–H and O–H groups in total. The van der Waals surface area contributed by atoms with E-state index in [1.165, 1.54) is 0 Å². The predicted octanol–water partition coefficient (Wildman–Crippen LogP) is -0.933. The van der Waals surface area contributed by atoms with Gasteiger partial charge in [-0.15, -0.1) is 5.10 Å². The lowest BCUT2D eigenvalue weighted by Gasteiger charge is -2.29. The average Bonchev–Trinajstić information content (AvgIpc) is 2.65. The van der Waals surface area contributed by atoms with Crippen LogP contribution in [-0.2, 0) is 17.8 Å². The monoisotopic (exact) mass is 211 g/mol. The lowest BCUT2D eigenvalue weighted by atomic mass is 10.3. The van der Waals surface area contributed by atoms with Crippen LogP contribution in [0.2, 0.25) is 0 Å². The van der Waals surface area contributed by atoms with Crippen LogP contribution in [0.15, 0.2) is 6.20 Å². The van der Waals surface area contributed by atoms with Crippen molar-refractivity contribution < 1.29 is 4.74 Å². The zero-order valence-electron chi connectivity index (χ0n) is 8.96. The fourth-order valence-electron chi connectivity index (χ4n) is 1.71. The van der Waals surface area contributed by atoms with Crippen LogP contribution in [0.4, 0.5) is 0 Å². The summed E-state index contributed by atoms with van der Waals surface area (Å²) in [6.45, 7) is 3.92. The number of likely N-dealkylation sites (N-methyl/N-ethyl adjacent to an activating group) is 1. The number of morpholine rings is 1. The largest absolute Gasteiger partial charge is 0.374 e. The third kappa shape index (κ3) is 2.74. The fraction of sp³-hybridized carbons (Fsp3) is 0.778. The van der Waals surface area contributed by atoms with E-state index in [0.29, 0.717) is 6.54 Å². The minimum absolute atomic E-state index is 0.205. The standard InChI is InChI=1S/C9H17N5O/c1-13-2-3-15-9(6-13)7-14-5-8(4-10)11-12-14/h5,9H,2-4,6-7,10H2,1H3. The van der Waals surface area contributed by atoms with Crippen molar-refractivity contribution in [2.75, 3.05) is 26.7 Å². The molecule has 1 aromatic heterocycles. The molecule has 1 fully saturated rings.